The average Bonchev–Trinajstić information content (AvgIpc) is 3.05. The number of aryl methyl sites for hydroxylation is 1. The van der Waals surface area contributed by atoms with Crippen LogP contribution in [0.15, 0.2) is 34.0 Å². The Morgan fingerprint density at radius 2 is 1.94 bits per heavy atom. The lowest BCUT2D eigenvalue weighted by Gasteiger charge is -2.58. The van der Waals surface area contributed by atoms with Crippen LogP contribution in [-0.2, 0) is 25.5 Å². The zero-order chi connectivity index (χ0) is 23.1. The van der Waals surface area contributed by atoms with Crippen LogP contribution < -0.4 is 0 Å². The molecule has 0 aromatic carbocycles. The summed E-state index contributed by atoms with van der Waals surface area (Å²) in [6.45, 7) is 13.1. The number of hydrogen-bond donors (Lipinski definition) is 1. The van der Waals surface area contributed by atoms with Gasteiger partial charge in [0, 0.05) is 28.5 Å². The summed E-state index contributed by atoms with van der Waals surface area (Å²) < 4.78 is 17.4. The van der Waals surface area contributed by atoms with Gasteiger partial charge in [-0.2, -0.15) is 0 Å². The average molecular weight is 431 g/mol. The number of hydrogen-bond acceptors (Lipinski definition) is 6. The zero-order valence-electron chi connectivity index (χ0n) is 19.6. The summed E-state index contributed by atoms with van der Waals surface area (Å²) in [5.74, 6) is -0.490. The van der Waals surface area contributed by atoms with E-state index in [0.717, 1.165) is 16.7 Å². The summed E-state index contributed by atoms with van der Waals surface area (Å²) in [5.41, 5.74) is 1.26. The van der Waals surface area contributed by atoms with E-state index in [-0.39, 0.29) is 18.0 Å². The lowest BCUT2D eigenvalue weighted by atomic mass is 9.51. The summed E-state index contributed by atoms with van der Waals surface area (Å²) in [6.07, 6.45) is 4.89. The maximum atomic E-state index is 12.5. The lowest BCUT2D eigenvalue weighted by Crippen LogP contribution is -2.63. The third-order valence-electron chi connectivity index (χ3n) is 7.37. The Kier molecular flexibility index (Phi) is 6.25. The quantitative estimate of drug-likeness (QED) is 0.548. The fraction of sp³-hybridized carbons (Fsp3) is 0.600. The van der Waals surface area contributed by atoms with Crippen molar-refractivity contribution in [2.75, 3.05) is 0 Å². The van der Waals surface area contributed by atoms with Crippen molar-refractivity contribution in [3.8, 4) is 0 Å². The van der Waals surface area contributed by atoms with Crippen molar-refractivity contribution < 1.29 is 28.6 Å². The molecule has 1 heterocycles. The number of aliphatic hydroxyl groups is 1. The van der Waals surface area contributed by atoms with Crippen LogP contribution in [0.5, 0.6) is 0 Å². The summed E-state index contributed by atoms with van der Waals surface area (Å²) >= 11 is 0. The molecule has 1 saturated carbocycles. The van der Waals surface area contributed by atoms with E-state index in [2.05, 4.69) is 0 Å². The molecule has 1 aromatic heterocycles. The van der Waals surface area contributed by atoms with Crippen LogP contribution in [0, 0.1) is 18.3 Å². The van der Waals surface area contributed by atoms with Crippen molar-refractivity contribution in [2.45, 2.75) is 85.5 Å². The number of allylic oxidation sites excluding steroid dienone is 2. The molecule has 3 rings (SSSR count). The number of esters is 2. The minimum Gasteiger partial charge on any atom is -0.465 e. The monoisotopic (exact) mass is 430 g/mol. The van der Waals surface area contributed by atoms with Gasteiger partial charge in [-0.15, -0.1) is 0 Å². The minimum absolute atomic E-state index is 0.160. The molecule has 2 aliphatic carbocycles. The molecule has 170 valence electrons. The number of carbonyl (C=O) groups is 2. The largest absolute Gasteiger partial charge is 0.465 e. The van der Waals surface area contributed by atoms with Crippen molar-refractivity contribution in [2.24, 2.45) is 11.3 Å². The number of furan rings is 1. The molecule has 1 N–H and O–H groups in total. The van der Waals surface area contributed by atoms with Gasteiger partial charge in [-0.1, -0.05) is 25.5 Å². The molecule has 0 spiro atoms. The van der Waals surface area contributed by atoms with Crippen LogP contribution >= 0.6 is 0 Å². The fourth-order valence-corrected chi connectivity index (χ4v) is 5.01. The van der Waals surface area contributed by atoms with Gasteiger partial charge < -0.3 is 19.0 Å². The van der Waals surface area contributed by atoms with Crippen molar-refractivity contribution in [1.29, 1.82) is 0 Å². The lowest BCUT2D eigenvalue weighted by molar-refractivity contribution is -0.239. The second-order valence-corrected chi connectivity index (χ2v) is 9.56. The smallest absolute Gasteiger partial charge is 0.333 e. The van der Waals surface area contributed by atoms with E-state index in [4.69, 9.17) is 13.9 Å². The van der Waals surface area contributed by atoms with Crippen molar-refractivity contribution in [1.82, 2.24) is 0 Å². The van der Waals surface area contributed by atoms with Gasteiger partial charge in [0.15, 0.2) is 11.9 Å². The molecular weight excluding hydrogens is 396 g/mol. The fourth-order valence-electron chi connectivity index (χ4n) is 5.01. The van der Waals surface area contributed by atoms with Crippen molar-refractivity contribution in [3.63, 3.8) is 0 Å². The number of ether oxygens (including phenoxy) is 2. The van der Waals surface area contributed by atoms with Crippen LogP contribution in [0.2, 0.25) is 0 Å². The van der Waals surface area contributed by atoms with Crippen LogP contribution in [0.25, 0.3) is 0 Å². The topological polar surface area (TPSA) is 86.0 Å². The van der Waals surface area contributed by atoms with Gasteiger partial charge in [0.2, 0.25) is 0 Å². The number of fused-ring (bicyclic) bond motifs is 2. The van der Waals surface area contributed by atoms with Crippen LogP contribution in [0.1, 0.15) is 77.4 Å². The van der Waals surface area contributed by atoms with E-state index in [1.807, 2.05) is 34.6 Å². The van der Waals surface area contributed by atoms with Crippen LogP contribution in [0.4, 0.5) is 0 Å². The van der Waals surface area contributed by atoms with E-state index in [0.29, 0.717) is 30.6 Å². The van der Waals surface area contributed by atoms with E-state index in [1.165, 1.54) is 6.08 Å². The molecule has 1 aromatic rings. The standard InChI is InChI=1S/C25H34O6/c1-8-15(4)23(27)30-19-9-10-25(28)22(31-20(26)11-14(2)3)21-18(16(5)13-29-21)12-24(25,7)17(19)6/h8,11,13,17,19,22,28H,9-10,12H2,1-7H3/b15-8-/t17-,19-,22-,24+,25-/m0/s1. The van der Waals surface area contributed by atoms with Gasteiger partial charge in [0.1, 0.15) is 11.7 Å². The molecule has 0 unspecified atom stereocenters. The second kappa shape index (κ2) is 8.30. The second-order valence-electron chi connectivity index (χ2n) is 9.56. The molecule has 2 aliphatic rings. The summed E-state index contributed by atoms with van der Waals surface area (Å²) in [4.78, 5) is 24.9. The van der Waals surface area contributed by atoms with Crippen molar-refractivity contribution in [3.05, 3.63) is 46.4 Å². The predicted octanol–water partition coefficient (Wildman–Crippen LogP) is 4.74. The molecule has 1 fully saturated rings. The van der Waals surface area contributed by atoms with Gasteiger partial charge in [-0.25, -0.2) is 9.59 Å². The molecule has 0 aliphatic heterocycles. The minimum atomic E-state index is -1.34. The van der Waals surface area contributed by atoms with E-state index in [9.17, 15) is 14.7 Å². The highest BCUT2D eigenvalue weighted by Gasteiger charge is 2.65. The molecule has 0 radical (unpaired) electrons. The normalized spacial score (nSPS) is 32.5. The molecule has 0 saturated heterocycles. The molecule has 31 heavy (non-hydrogen) atoms. The van der Waals surface area contributed by atoms with E-state index in [1.54, 1.807) is 26.2 Å². The number of carbonyl (C=O) groups excluding carboxylic acids is 2. The first-order chi connectivity index (χ1) is 14.4. The summed E-state index contributed by atoms with van der Waals surface area (Å²) in [6, 6.07) is 0. The molecular formula is C25H34O6. The van der Waals surface area contributed by atoms with Crippen LogP contribution in [-0.4, -0.2) is 28.8 Å². The maximum Gasteiger partial charge on any atom is 0.333 e. The van der Waals surface area contributed by atoms with E-state index >= 15 is 0 Å². The Morgan fingerprint density at radius 3 is 2.55 bits per heavy atom. The third-order valence-corrected chi connectivity index (χ3v) is 7.37. The Hall–Kier alpha value is -2.34. The highest BCUT2D eigenvalue weighted by atomic mass is 16.6. The predicted molar refractivity (Wildman–Crippen MR) is 116 cm³/mol. The van der Waals surface area contributed by atoms with Gasteiger partial charge in [-0.3, -0.25) is 0 Å². The first-order valence-electron chi connectivity index (χ1n) is 10.9. The van der Waals surface area contributed by atoms with Gasteiger partial charge in [0.05, 0.1) is 6.26 Å². The van der Waals surface area contributed by atoms with Gasteiger partial charge >= 0.3 is 11.9 Å². The highest BCUT2D eigenvalue weighted by Crippen LogP contribution is 2.60. The third kappa shape index (κ3) is 3.86. The molecule has 0 amide bonds. The molecule has 5 atom stereocenters. The Morgan fingerprint density at radius 1 is 1.26 bits per heavy atom. The SMILES string of the molecule is C/C=C(/C)C(=O)O[C@H]1CC[C@]2(O)[C@@H](OC(=O)C=C(C)C)c3occ(C)c3C[C@]2(C)[C@H]1C. The van der Waals surface area contributed by atoms with Crippen molar-refractivity contribution >= 4 is 11.9 Å². The Labute approximate surface area is 184 Å². The van der Waals surface area contributed by atoms with Gasteiger partial charge in [0.25, 0.3) is 0 Å². The number of rotatable bonds is 4. The molecule has 0 bridgehead atoms. The Balaban J connectivity index is 2.01. The summed E-state index contributed by atoms with van der Waals surface area (Å²) in [7, 11) is 0. The van der Waals surface area contributed by atoms with Gasteiger partial charge in [-0.05, 0) is 59.4 Å². The molecule has 6 nitrogen and oxygen atoms in total. The summed E-state index contributed by atoms with van der Waals surface area (Å²) in [5, 5.41) is 12.0. The highest BCUT2D eigenvalue weighted by molar-refractivity contribution is 5.87. The zero-order valence-corrected chi connectivity index (χ0v) is 19.6. The molecule has 6 heteroatoms. The van der Waals surface area contributed by atoms with E-state index < -0.39 is 23.1 Å². The maximum absolute atomic E-state index is 12.5. The first kappa shape index (κ1) is 23.3. The first-order valence-corrected chi connectivity index (χ1v) is 10.9. The van der Waals surface area contributed by atoms with Crippen LogP contribution in [0.3, 0.4) is 0 Å². The Bertz CT molecular complexity index is 934.